The molecule has 2 aliphatic heterocycles. The highest BCUT2D eigenvalue weighted by Gasteiger charge is 2.52. The van der Waals surface area contributed by atoms with Crippen LogP contribution < -0.4 is 0 Å². The first-order chi connectivity index (χ1) is 21.7. The average Bonchev–Trinajstić information content (AvgIpc) is 3.78. The second kappa shape index (κ2) is 13.1. The number of nitrogens with zero attached hydrogens (tertiary/aromatic N) is 6. The van der Waals surface area contributed by atoms with Crippen LogP contribution in [0.2, 0.25) is 5.02 Å². The second-order valence-electron chi connectivity index (χ2n) is 10.1. The summed E-state index contributed by atoms with van der Waals surface area (Å²) in [5.74, 6) is 0. The molecule has 0 radical (unpaired) electrons. The number of ether oxygens (including phenoxy) is 4. The molecule has 0 N–H and O–H groups in total. The van der Waals surface area contributed by atoms with E-state index in [1.54, 1.807) is 16.9 Å². The van der Waals surface area contributed by atoms with E-state index in [2.05, 4.69) is 26.3 Å². The van der Waals surface area contributed by atoms with E-state index in [4.69, 9.17) is 30.5 Å². The summed E-state index contributed by atoms with van der Waals surface area (Å²) < 4.78 is 28.0. The van der Waals surface area contributed by atoms with Gasteiger partial charge in [-0.15, -0.1) is 16.4 Å². The minimum absolute atomic E-state index is 0.246. The van der Waals surface area contributed by atoms with Crippen LogP contribution in [0.4, 0.5) is 0 Å². The summed E-state index contributed by atoms with van der Waals surface area (Å²) in [7, 11) is 0. The minimum atomic E-state index is -0.606. The Morgan fingerprint density at radius 3 is 2.68 bits per heavy atom. The van der Waals surface area contributed by atoms with Crippen molar-refractivity contribution < 1.29 is 18.9 Å². The van der Waals surface area contributed by atoms with Crippen LogP contribution >= 0.6 is 34.7 Å². The van der Waals surface area contributed by atoms with E-state index >= 15 is 0 Å². The fraction of sp³-hybridized carbons (Fsp3) is 0.258. The van der Waals surface area contributed by atoms with E-state index in [-0.39, 0.29) is 12.3 Å². The summed E-state index contributed by atoms with van der Waals surface area (Å²) in [5.41, 5.74) is 2.18. The third kappa shape index (κ3) is 6.13. The highest BCUT2D eigenvalue weighted by molar-refractivity contribution is 7.99. The van der Waals surface area contributed by atoms with E-state index in [0.717, 1.165) is 16.1 Å². The van der Waals surface area contributed by atoms with Crippen molar-refractivity contribution in [2.45, 2.75) is 47.6 Å². The molecule has 2 fully saturated rings. The van der Waals surface area contributed by atoms with Crippen molar-refractivity contribution in [1.29, 1.82) is 5.26 Å². The first kappa shape index (κ1) is 29.1. The molecule has 222 valence electrons. The van der Waals surface area contributed by atoms with Gasteiger partial charge in [0.25, 0.3) is 0 Å². The van der Waals surface area contributed by atoms with Crippen LogP contribution in [0.1, 0.15) is 29.2 Å². The standard InChI is InChI=1S/C31H25ClN6O4S2/c32-21-13-25(22(14-33)35-15-21)44-31-28(39-17-19-7-3-1-4-8-19)26(38-16-23(36-37-38)29-34-11-12-43-29)27-24(41-31)18-40-30(42-27)20-9-5-2-6-10-20/h1-13,15-16,24,26-28,30-31H,17-18H2. The van der Waals surface area contributed by atoms with Crippen LogP contribution in [0, 0.1) is 11.3 Å². The molecule has 0 spiro atoms. The number of thiazole rings is 1. The molecule has 6 unspecified atom stereocenters. The van der Waals surface area contributed by atoms with Crippen LogP contribution in [0.3, 0.4) is 0 Å². The number of pyridine rings is 1. The Morgan fingerprint density at radius 2 is 1.91 bits per heavy atom. The normalized spacial score (nSPS) is 24.8. The predicted octanol–water partition coefficient (Wildman–Crippen LogP) is 6.08. The monoisotopic (exact) mass is 644 g/mol. The Morgan fingerprint density at radius 1 is 1.09 bits per heavy atom. The Hall–Kier alpha value is -3.67. The lowest BCUT2D eigenvalue weighted by Gasteiger charge is -2.49. The van der Waals surface area contributed by atoms with E-state index in [0.29, 0.717) is 22.2 Å². The van der Waals surface area contributed by atoms with Crippen molar-refractivity contribution in [3.05, 3.63) is 113 Å². The fourth-order valence-corrected chi connectivity index (χ4v) is 7.31. The van der Waals surface area contributed by atoms with Crippen molar-refractivity contribution in [1.82, 2.24) is 25.0 Å². The number of rotatable bonds is 8. The molecular weight excluding hydrogens is 620 g/mol. The van der Waals surface area contributed by atoms with Gasteiger partial charge >= 0.3 is 0 Å². The Balaban J connectivity index is 1.29. The molecule has 0 amide bonds. The highest BCUT2D eigenvalue weighted by atomic mass is 35.5. The van der Waals surface area contributed by atoms with Crippen LogP contribution in [-0.2, 0) is 25.6 Å². The van der Waals surface area contributed by atoms with E-state index < -0.39 is 36.1 Å². The van der Waals surface area contributed by atoms with Gasteiger partial charge in [0.1, 0.15) is 46.6 Å². The zero-order valence-electron chi connectivity index (χ0n) is 23.0. The molecule has 0 saturated carbocycles. The minimum Gasteiger partial charge on any atom is -0.368 e. The fourth-order valence-electron chi connectivity index (χ4n) is 5.28. The highest BCUT2D eigenvalue weighted by Crippen LogP contribution is 2.45. The van der Waals surface area contributed by atoms with Crippen molar-refractivity contribution in [3.8, 4) is 16.8 Å². The van der Waals surface area contributed by atoms with Gasteiger partial charge in [0.2, 0.25) is 0 Å². The molecule has 13 heteroatoms. The number of hydrogen-bond donors (Lipinski definition) is 0. The van der Waals surface area contributed by atoms with E-state index in [1.165, 1.54) is 29.3 Å². The Bertz CT molecular complexity index is 1740. The maximum absolute atomic E-state index is 9.80. The first-order valence-corrected chi connectivity index (χ1v) is 16.0. The van der Waals surface area contributed by atoms with Crippen molar-refractivity contribution in [2.75, 3.05) is 6.61 Å². The third-order valence-electron chi connectivity index (χ3n) is 7.30. The van der Waals surface area contributed by atoms with Crippen LogP contribution in [0.25, 0.3) is 10.7 Å². The molecule has 2 saturated heterocycles. The van der Waals surface area contributed by atoms with Crippen molar-refractivity contribution in [3.63, 3.8) is 0 Å². The van der Waals surface area contributed by atoms with Gasteiger partial charge in [-0.1, -0.05) is 89.2 Å². The summed E-state index contributed by atoms with van der Waals surface area (Å²) in [6.07, 6.45) is 2.87. The van der Waals surface area contributed by atoms with E-state index in [9.17, 15) is 5.26 Å². The van der Waals surface area contributed by atoms with Gasteiger partial charge in [0.15, 0.2) is 12.0 Å². The van der Waals surface area contributed by atoms with Crippen LogP contribution in [0.15, 0.2) is 95.6 Å². The van der Waals surface area contributed by atoms with Gasteiger partial charge in [-0.05, 0) is 11.6 Å². The number of fused-ring (bicyclic) bond motifs is 1. The molecule has 2 aromatic carbocycles. The van der Waals surface area contributed by atoms with Crippen LogP contribution in [0.5, 0.6) is 0 Å². The molecule has 2 aliphatic rings. The topological polar surface area (TPSA) is 117 Å². The van der Waals surface area contributed by atoms with Gasteiger partial charge in [-0.2, -0.15) is 5.26 Å². The first-order valence-electron chi connectivity index (χ1n) is 13.8. The summed E-state index contributed by atoms with van der Waals surface area (Å²) in [4.78, 5) is 9.22. The molecule has 3 aromatic heterocycles. The quantitative estimate of drug-likeness (QED) is 0.197. The van der Waals surface area contributed by atoms with Crippen molar-refractivity contribution >= 4 is 34.7 Å². The Kier molecular flexibility index (Phi) is 8.68. The maximum Gasteiger partial charge on any atom is 0.184 e. The lowest BCUT2D eigenvalue weighted by atomic mass is 9.95. The summed E-state index contributed by atoms with van der Waals surface area (Å²) >= 11 is 9.12. The number of aromatic nitrogens is 5. The lowest BCUT2D eigenvalue weighted by molar-refractivity contribution is -0.311. The molecular formula is C31H25ClN6O4S2. The van der Waals surface area contributed by atoms with Crippen molar-refractivity contribution in [2.24, 2.45) is 0 Å². The van der Waals surface area contributed by atoms with Crippen LogP contribution in [-0.4, -0.2) is 55.3 Å². The number of halogens is 1. The molecule has 6 atom stereocenters. The third-order valence-corrected chi connectivity index (χ3v) is 9.48. The predicted molar refractivity (Wildman–Crippen MR) is 164 cm³/mol. The number of thioether (sulfide) groups is 1. The molecule has 10 nitrogen and oxygen atoms in total. The second-order valence-corrected chi connectivity index (χ2v) is 12.6. The van der Waals surface area contributed by atoms with Gasteiger partial charge in [-0.3, -0.25) is 0 Å². The average molecular weight is 645 g/mol. The largest absolute Gasteiger partial charge is 0.368 e. The molecule has 5 aromatic rings. The van der Waals surface area contributed by atoms with E-state index in [1.807, 2.05) is 72.2 Å². The number of hydrogen-bond acceptors (Lipinski definition) is 11. The molecule has 44 heavy (non-hydrogen) atoms. The zero-order valence-corrected chi connectivity index (χ0v) is 25.4. The SMILES string of the molecule is N#Cc1ncc(Cl)cc1SC1OC2COC(c3ccccc3)OC2C(n2cc(-c3nccs3)nn2)C1OCc1ccccc1. The number of benzene rings is 2. The summed E-state index contributed by atoms with van der Waals surface area (Å²) in [5, 5.41) is 21.9. The van der Waals surface area contributed by atoms with Gasteiger partial charge < -0.3 is 18.9 Å². The maximum atomic E-state index is 9.80. The molecule has 0 bridgehead atoms. The summed E-state index contributed by atoms with van der Waals surface area (Å²) in [6, 6.07) is 23.1. The zero-order chi connectivity index (χ0) is 29.9. The van der Waals surface area contributed by atoms with Gasteiger partial charge in [-0.25, -0.2) is 14.6 Å². The lowest BCUT2D eigenvalue weighted by Crippen LogP contribution is -2.59. The molecule has 5 heterocycles. The van der Waals surface area contributed by atoms with Gasteiger partial charge in [0, 0.05) is 28.2 Å². The summed E-state index contributed by atoms with van der Waals surface area (Å²) in [6.45, 7) is 0.585. The molecule has 0 aliphatic carbocycles. The smallest absolute Gasteiger partial charge is 0.184 e. The molecule has 7 rings (SSSR count). The Labute approximate surface area is 266 Å². The number of nitriles is 1. The van der Waals surface area contributed by atoms with Gasteiger partial charge in [0.05, 0.1) is 24.4 Å².